The highest BCUT2D eigenvalue weighted by Gasteiger charge is 2.19. The molecule has 2 N–H and O–H groups in total. The molecule has 1 aliphatic carbocycles. The van der Waals surface area contributed by atoms with Crippen LogP contribution >= 0.6 is 35.7 Å². The van der Waals surface area contributed by atoms with E-state index in [1.807, 2.05) is 30.0 Å². The van der Waals surface area contributed by atoms with Gasteiger partial charge >= 0.3 is 0 Å². The van der Waals surface area contributed by atoms with Crippen LogP contribution in [-0.4, -0.2) is 48.7 Å². The Morgan fingerprint density at radius 3 is 2.68 bits per heavy atom. The highest BCUT2D eigenvalue weighted by molar-refractivity contribution is 14.0. The Labute approximate surface area is 171 Å². The molecule has 0 amide bonds. The third-order valence-electron chi connectivity index (χ3n) is 4.62. The first kappa shape index (κ1) is 20.5. The second-order valence-corrected chi connectivity index (χ2v) is 7.50. The first-order valence-corrected chi connectivity index (χ1v) is 9.88. The van der Waals surface area contributed by atoms with Gasteiger partial charge in [-0.05, 0) is 37.8 Å². The number of thioether (sulfide) groups is 1. The van der Waals surface area contributed by atoms with Gasteiger partial charge in [-0.25, -0.2) is 4.99 Å². The summed E-state index contributed by atoms with van der Waals surface area (Å²) in [6.45, 7) is 2.50. The Morgan fingerprint density at radius 1 is 1.28 bits per heavy atom. The molecule has 140 valence electrons. The lowest BCUT2D eigenvalue weighted by Gasteiger charge is -2.27. The Bertz CT molecular complexity index is 573. The van der Waals surface area contributed by atoms with Crippen LogP contribution in [-0.2, 0) is 6.54 Å². The maximum absolute atomic E-state index is 6.22. The normalized spacial score (nSPS) is 18.8. The van der Waals surface area contributed by atoms with Crippen LogP contribution in [0.2, 0.25) is 0 Å². The standard InChI is InChI=1S/C18H27N3O2S.HI/c1-22-16-7-6-14(17(12-16)23-15-4-2-3-5-15)13-20-18(19)21-8-10-24-11-9-21;/h6-7,12,15H,2-5,8-11,13H2,1H3,(H2,19,20);1H. The minimum Gasteiger partial charge on any atom is -0.497 e. The molecule has 1 heterocycles. The number of nitrogens with zero attached hydrogens (tertiary/aromatic N) is 2. The highest BCUT2D eigenvalue weighted by Crippen LogP contribution is 2.30. The lowest BCUT2D eigenvalue weighted by Crippen LogP contribution is -2.42. The first-order valence-electron chi connectivity index (χ1n) is 8.72. The smallest absolute Gasteiger partial charge is 0.191 e. The van der Waals surface area contributed by atoms with Crippen LogP contribution in [0.15, 0.2) is 23.2 Å². The van der Waals surface area contributed by atoms with Crippen molar-refractivity contribution in [2.24, 2.45) is 10.7 Å². The fourth-order valence-corrected chi connectivity index (χ4v) is 4.05. The van der Waals surface area contributed by atoms with Crippen LogP contribution in [0.4, 0.5) is 0 Å². The van der Waals surface area contributed by atoms with Crippen molar-refractivity contribution in [2.45, 2.75) is 38.3 Å². The predicted octanol–water partition coefficient (Wildman–Crippen LogP) is 3.50. The maximum Gasteiger partial charge on any atom is 0.191 e. The van der Waals surface area contributed by atoms with E-state index < -0.39 is 0 Å². The molecule has 0 spiro atoms. The van der Waals surface area contributed by atoms with Crippen molar-refractivity contribution < 1.29 is 9.47 Å². The van der Waals surface area contributed by atoms with E-state index in [0.29, 0.717) is 18.6 Å². The van der Waals surface area contributed by atoms with Gasteiger partial charge in [0.25, 0.3) is 0 Å². The van der Waals surface area contributed by atoms with Crippen molar-refractivity contribution in [3.8, 4) is 11.5 Å². The van der Waals surface area contributed by atoms with Gasteiger partial charge in [0.2, 0.25) is 0 Å². The summed E-state index contributed by atoms with van der Waals surface area (Å²) in [6.07, 6.45) is 5.08. The number of hydrogen-bond donors (Lipinski definition) is 1. The van der Waals surface area contributed by atoms with Gasteiger partial charge in [0, 0.05) is 36.2 Å². The van der Waals surface area contributed by atoms with Crippen molar-refractivity contribution in [2.75, 3.05) is 31.7 Å². The second-order valence-electron chi connectivity index (χ2n) is 6.27. The van der Waals surface area contributed by atoms with Crippen molar-refractivity contribution in [3.05, 3.63) is 23.8 Å². The number of methoxy groups -OCH3 is 1. The van der Waals surface area contributed by atoms with E-state index in [2.05, 4.69) is 9.89 Å². The Balaban J connectivity index is 0.00000225. The van der Waals surface area contributed by atoms with Crippen LogP contribution in [0.25, 0.3) is 0 Å². The number of aliphatic imine (C=N–C) groups is 1. The lowest BCUT2D eigenvalue weighted by atomic mass is 10.2. The number of halogens is 1. The molecule has 0 atom stereocenters. The van der Waals surface area contributed by atoms with Gasteiger partial charge in [-0.3, -0.25) is 0 Å². The minimum atomic E-state index is 0. The van der Waals surface area contributed by atoms with Crippen LogP contribution < -0.4 is 15.2 Å². The maximum atomic E-state index is 6.22. The molecule has 2 fully saturated rings. The number of ether oxygens (including phenoxy) is 2. The molecule has 5 nitrogen and oxygen atoms in total. The summed E-state index contributed by atoms with van der Waals surface area (Å²) in [6, 6.07) is 5.96. The summed E-state index contributed by atoms with van der Waals surface area (Å²) in [5.41, 5.74) is 7.23. The van der Waals surface area contributed by atoms with Gasteiger partial charge in [0.1, 0.15) is 11.5 Å². The molecule has 1 aromatic carbocycles. The zero-order valence-electron chi connectivity index (χ0n) is 14.8. The molecule has 1 saturated heterocycles. The van der Waals surface area contributed by atoms with Crippen LogP contribution in [0.1, 0.15) is 31.2 Å². The van der Waals surface area contributed by atoms with Gasteiger partial charge in [0.05, 0.1) is 19.8 Å². The average molecular weight is 477 g/mol. The minimum absolute atomic E-state index is 0. The molecular weight excluding hydrogens is 449 g/mol. The molecule has 1 saturated carbocycles. The van der Waals surface area contributed by atoms with E-state index >= 15 is 0 Å². The van der Waals surface area contributed by atoms with E-state index in [9.17, 15) is 0 Å². The van der Waals surface area contributed by atoms with E-state index in [4.69, 9.17) is 15.2 Å². The van der Waals surface area contributed by atoms with Gasteiger partial charge in [-0.1, -0.05) is 0 Å². The number of rotatable bonds is 5. The predicted molar refractivity (Wildman–Crippen MR) is 116 cm³/mol. The molecule has 0 aromatic heterocycles. The van der Waals surface area contributed by atoms with Crippen molar-refractivity contribution in [1.29, 1.82) is 0 Å². The van der Waals surface area contributed by atoms with E-state index in [0.717, 1.165) is 54.5 Å². The molecule has 1 aromatic rings. The molecule has 25 heavy (non-hydrogen) atoms. The molecule has 3 rings (SSSR count). The monoisotopic (exact) mass is 477 g/mol. The van der Waals surface area contributed by atoms with E-state index in [1.54, 1.807) is 7.11 Å². The first-order chi connectivity index (χ1) is 11.8. The van der Waals surface area contributed by atoms with Crippen molar-refractivity contribution >= 4 is 41.7 Å². The molecule has 7 heteroatoms. The number of guanidine groups is 1. The zero-order valence-corrected chi connectivity index (χ0v) is 17.9. The summed E-state index contributed by atoms with van der Waals surface area (Å²) in [5.74, 6) is 4.57. The fourth-order valence-electron chi connectivity index (χ4n) is 3.15. The van der Waals surface area contributed by atoms with Crippen LogP contribution in [0.3, 0.4) is 0 Å². The highest BCUT2D eigenvalue weighted by atomic mass is 127. The quantitative estimate of drug-likeness (QED) is 0.400. The second kappa shape index (κ2) is 10.4. The molecule has 2 aliphatic rings. The molecule has 0 bridgehead atoms. The van der Waals surface area contributed by atoms with E-state index in [1.165, 1.54) is 12.8 Å². The number of benzene rings is 1. The summed E-state index contributed by atoms with van der Waals surface area (Å²) in [7, 11) is 1.68. The molecule has 0 unspecified atom stereocenters. The fraction of sp³-hybridized carbons (Fsp3) is 0.611. The number of nitrogens with two attached hydrogens (primary N) is 1. The van der Waals surface area contributed by atoms with Gasteiger partial charge in [-0.15, -0.1) is 24.0 Å². The van der Waals surface area contributed by atoms with Gasteiger partial charge in [-0.2, -0.15) is 11.8 Å². The Morgan fingerprint density at radius 2 is 2.00 bits per heavy atom. The third kappa shape index (κ3) is 5.84. The van der Waals surface area contributed by atoms with Crippen LogP contribution in [0, 0.1) is 0 Å². The van der Waals surface area contributed by atoms with Gasteiger partial charge in [0.15, 0.2) is 5.96 Å². The Kier molecular flexibility index (Phi) is 8.48. The zero-order chi connectivity index (χ0) is 16.8. The summed E-state index contributed by atoms with van der Waals surface area (Å²) >= 11 is 1.97. The topological polar surface area (TPSA) is 60.1 Å². The summed E-state index contributed by atoms with van der Waals surface area (Å²) < 4.78 is 11.6. The number of hydrogen-bond acceptors (Lipinski definition) is 4. The molecule has 1 aliphatic heterocycles. The van der Waals surface area contributed by atoms with Crippen molar-refractivity contribution in [1.82, 2.24) is 4.90 Å². The third-order valence-corrected chi connectivity index (χ3v) is 5.56. The van der Waals surface area contributed by atoms with E-state index in [-0.39, 0.29) is 24.0 Å². The van der Waals surface area contributed by atoms with Gasteiger partial charge < -0.3 is 20.1 Å². The Hall–Kier alpha value is -0.830. The average Bonchev–Trinajstić information content (AvgIpc) is 3.14. The lowest BCUT2D eigenvalue weighted by molar-refractivity contribution is 0.207. The summed E-state index contributed by atoms with van der Waals surface area (Å²) in [5, 5.41) is 0. The molecular formula is C18H28IN3O2S. The SMILES string of the molecule is COc1ccc(CN=C(N)N2CCSCC2)c(OC2CCCC2)c1.I. The largest absolute Gasteiger partial charge is 0.497 e. The summed E-state index contributed by atoms with van der Waals surface area (Å²) in [4.78, 5) is 6.76. The molecule has 0 radical (unpaired) electrons. The van der Waals surface area contributed by atoms with Crippen LogP contribution in [0.5, 0.6) is 11.5 Å². The van der Waals surface area contributed by atoms with Crippen molar-refractivity contribution in [3.63, 3.8) is 0 Å².